The van der Waals surface area contributed by atoms with Crippen LogP contribution in [0.2, 0.25) is 0 Å². The largest absolute Gasteiger partial charge is 0.408 e. The summed E-state index contributed by atoms with van der Waals surface area (Å²) in [6.07, 6.45) is -0.378. The van der Waals surface area contributed by atoms with E-state index in [-0.39, 0.29) is 24.5 Å². The standard InChI is InChI=1S/C13H13F2N3O2/c1-7-16-17-13(20-7)18-6-9(19)5-12(18)10-4-8(14)2-3-11(10)15/h2-4,9,12,19H,5-6H2,1H3. The molecular weight excluding hydrogens is 268 g/mol. The first kappa shape index (κ1) is 13.0. The number of benzene rings is 1. The van der Waals surface area contributed by atoms with Gasteiger partial charge in [0.2, 0.25) is 5.89 Å². The summed E-state index contributed by atoms with van der Waals surface area (Å²) >= 11 is 0. The second-order valence-corrected chi connectivity index (χ2v) is 4.83. The number of hydrogen-bond acceptors (Lipinski definition) is 5. The number of nitrogens with zero attached hydrogens (tertiary/aromatic N) is 3. The van der Waals surface area contributed by atoms with Gasteiger partial charge in [0.15, 0.2) is 0 Å². The minimum absolute atomic E-state index is 0.178. The molecule has 0 amide bonds. The predicted octanol–water partition coefficient (Wildman–Crippen LogP) is 1.97. The van der Waals surface area contributed by atoms with Gasteiger partial charge in [0.1, 0.15) is 11.6 Å². The molecule has 1 saturated heterocycles. The SMILES string of the molecule is Cc1nnc(N2CC(O)CC2c2cc(F)ccc2F)o1. The quantitative estimate of drug-likeness (QED) is 0.911. The third-order valence-corrected chi connectivity index (χ3v) is 3.36. The van der Waals surface area contributed by atoms with Crippen LogP contribution in [-0.2, 0) is 0 Å². The Kier molecular flexibility index (Phi) is 3.13. The van der Waals surface area contributed by atoms with Crippen LogP contribution >= 0.6 is 0 Å². The summed E-state index contributed by atoms with van der Waals surface area (Å²) in [6, 6.07) is 2.94. The first-order valence-corrected chi connectivity index (χ1v) is 6.24. The van der Waals surface area contributed by atoms with Crippen LogP contribution in [0, 0.1) is 18.6 Å². The third kappa shape index (κ3) is 2.24. The molecule has 1 N–H and O–H groups in total. The summed E-state index contributed by atoms with van der Waals surface area (Å²) in [5.41, 5.74) is 0.178. The molecule has 1 aliphatic rings. The molecule has 0 aliphatic carbocycles. The van der Waals surface area contributed by atoms with Gasteiger partial charge in [-0.3, -0.25) is 0 Å². The number of aliphatic hydroxyl groups excluding tert-OH is 1. The molecular formula is C13H13F2N3O2. The lowest BCUT2D eigenvalue weighted by Crippen LogP contribution is -2.25. The second kappa shape index (κ2) is 4.82. The number of hydrogen-bond donors (Lipinski definition) is 1. The number of halogens is 2. The summed E-state index contributed by atoms with van der Waals surface area (Å²) in [5.74, 6) is -0.670. The van der Waals surface area contributed by atoms with Crippen molar-refractivity contribution in [2.24, 2.45) is 0 Å². The van der Waals surface area contributed by atoms with Crippen molar-refractivity contribution in [1.82, 2.24) is 10.2 Å². The van der Waals surface area contributed by atoms with Crippen LogP contribution in [0.1, 0.15) is 23.9 Å². The zero-order valence-corrected chi connectivity index (χ0v) is 10.8. The number of aromatic nitrogens is 2. The zero-order chi connectivity index (χ0) is 14.3. The Labute approximate surface area is 113 Å². The van der Waals surface area contributed by atoms with Crippen molar-refractivity contribution in [1.29, 1.82) is 0 Å². The molecule has 7 heteroatoms. The minimum atomic E-state index is -0.658. The average Bonchev–Trinajstić information content (AvgIpc) is 2.98. The molecule has 0 radical (unpaired) electrons. The Morgan fingerprint density at radius 2 is 2.15 bits per heavy atom. The van der Waals surface area contributed by atoms with E-state index in [4.69, 9.17) is 4.42 Å². The van der Waals surface area contributed by atoms with Gasteiger partial charge in [-0.05, 0) is 24.6 Å². The lowest BCUT2D eigenvalue weighted by atomic mass is 10.0. The predicted molar refractivity (Wildman–Crippen MR) is 66.1 cm³/mol. The molecule has 1 aliphatic heterocycles. The van der Waals surface area contributed by atoms with E-state index in [1.54, 1.807) is 11.8 Å². The smallest absolute Gasteiger partial charge is 0.318 e. The molecule has 0 bridgehead atoms. The molecule has 0 spiro atoms. The fourth-order valence-electron chi connectivity index (χ4n) is 2.49. The maximum Gasteiger partial charge on any atom is 0.318 e. The van der Waals surface area contributed by atoms with Crippen LogP contribution in [-0.4, -0.2) is 28.0 Å². The Hall–Kier alpha value is -2.02. The summed E-state index contributed by atoms with van der Waals surface area (Å²) in [5, 5.41) is 17.4. The van der Waals surface area contributed by atoms with E-state index in [9.17, 15) is 13.9 Å². The molecule has 1 fully saturated rings. The van der Waals surface area contributed by atoms with Gasteiger partial charge in [0.25, 0.3) is 0 Å². The van der Waals surface area contributed by atoms with Gasteiger partial charge in [-0.15, -0.1) is 5.10 Å². The van der Waals surface area contributed by atoms with E-state index in [1.165, 1.54) is 0 Å². The van der Waals surface area contributed by atoms with Crippen molar-refractivity contribution in [2.45, 2.75) is 25.5 Å². The number of β-amino-alcohol motifs (C(OH)–C–C–N with tert-alkyl or cyclic N) is 1. The van der Waals surface area contributed by atoms with Crippen LogP contribution in [0.4, 0.5) is 14.8 Å². The summed E-state index contributed by atoms with van der Waals surface area (Å²) in [4.78, 5) is 1.60. The number of aryl methyl sites for hydroxylation is 1. The van der Waals surface area contributed by atoms with E-state index < -0.39 is 23.8 Å². The lowest BCUT2D eigenvalue weighted by molar-refractivity contribution is 0.194. The van der Waals surface area contributed by atoms with E-state index in [0.29, 0.717) is 5.89 Å². The normalized spacial score (nSPS) is 22.5. The van der Waals surface area contributed by atoms with Crippen LogP contribution in [0.15, 0.2) is 22.6 Å². The average molecular weight is 281 g/mol. The number of rotatable bonds is 2. The molecule has 2 unspecified atom stereocenters. The van der Waals surface area contributed by atoms with Crippen LogP contribution in [0.5, 0.6) is 0 Å². The van der Waals surface area contributed by atoms with Gasteiger partial charge in [0, 0.05) is 19.0 Å². The highest BCUT2D eigenvalue weighted by molar-refractivity contribution is 5.37. The second-order valence-electron chi connectivity index (χ2n) is 4.83. The summed E-state index contributed by atoms with van der Waals surface area (Å²) in [6.45, 7) is 1.88. The van der Waals surface area contributed by atoms with Gasteiger partial charge in [-0.25, -0.2) is 8.78 Å². The number of aliphatic hydroxyl groups is 1. The molecule has 1 aromatic heterocycles. The topological polar surface area (TPSA) is 62.4 Å². The van der Waals surface area contributed by atoms with Gasteiger partial charge in [-0.2, -0.15) is 0 Å². The Morgan fingerprint density at radius 3 is 2.85 bits per heavy atom. The molecule has 0 saturated carbocycles. The van der Waals surface area contributed by atoms with Crippen LogP contribution in [0.3, 0.4) is 0 Å². The monoisotopic (exact) mass is 281 g/mol. The Morgan fingerprint density at radius 1 is 1.35 bits per heavy atom. The van der Waals surface area contributed by atoms with E-state index >= 15 is 0 Å². The fraction of sp³-hybridized carbons (Fsp3) is 0.385. The molecule has 20 heavy (non-hydrogen) atoms. The van der Waals surface area contributed by atoms with E-state index in [0.717, 1.165) is 18.2 Å². The van der Waals surface area contributed by atoms with Crippen molar-refractivity contribution in [3.63, 3.8) is 0 Å². The molecule has 3 rings (SSSR count). The maximum atomic E-state index is 13.9. The summed E-state index contributed by atoms with van der Waals surface area (Å²) < 4.78 is 32.5. The first-order valence-electron chi connectivity index (χ1n) is 6.24. The molecule has 2 heterocycles. The van der Waals surface area contributed by atoms with Crippen molar-refractivity contribution in [3.8, 4) is 0 Å². The third-order valence-electron chi connectivity index (χ3n) is 3.36. The Balaban J connectivity index is 2.00. The molecule has 1 aromatic carbocycles. The van der Waals surface area contributed by atoms with Gasteiger partial charge in [0.05, 0.1) is 12.1 Å². The molecule has 106 valence electrons. The van der Waals surface area contributed by atoms with Gasteiger partial charge in [-0.1, -0.05) is 5.10 Å². The molecule has 5 nitrogen and oxygen atoms in total. The van der Waals surface area contributed by atoms with Gasteiger partial charge < -0.3 is 14.4 Å². The first-order chi connectivity index (χ1) is 9.54. The van der Waals surface area contributed by atoms with Gasteiger partial charge >= 0.3 is 6.01 Å². The molecule has 2 aromatic rings. The van der Waals surface area contributed by atoms with Crippen molar-refractivity contribution in [2.75, 3.05) is 11.4 Å². The summed E-state index contributed by atoms with van der Waals surface area (Å²) in [7, 11) is 0. The number of anilines is 1. The Bertz CT molecular complexity index is 632. The van der Waals surface area contributed by atoms with Crippen LogP contribution in [0.25, 0.3) is 0 Å². The fourth-order valence-corrected chi connectivity index (χ4v) is 2.49. The zero-order valence-electron chi connectivity index (χ0n) is 10.8. The minimum Gasteiger partial charge on any atom is -0.408 e. The highest BCUT2D eigenvalue weighted by atomic mass is 19.1. The maximum absolute atomic E-state index is 13.9. The van der Waals surface area contributed by atoms with Crippen LogP contribution < -0.4 is 4.90 Å². The lowest BCUT2D eigenvalue weighted by Gasteiger charge is -2.22. The van der Waals surface area contributed by atoms with Crippen molar-refractivity contribution in [3.05, 3.63) is 41.3 Å². The van der Waals surface area contributed by atoms with E-state index in [2.05, 4.69) is 10.2 Å². The highest BCUT2D eigenvalue weighted by Gasteiger charge is 2.36. The van der Waals surface area contributed by atoms with Crippen molar-refractivity contribution < 1.29 is 18.3 Å². The van der Waals surface area contributed by atoms with Crippen molar-refractivity contribution >= 4 is 6.01 Å². The molecule has 2 atom stereocenters. The highest BCUT2D eigenvalue weighted by Crippen LogP contribution is 2.36. The van der Waals surface area contributed by atoms with E-state index in [1.807, 2.05) is 0 Å².